The van der Waals surface area contributed by atoms with Gasteiger partial charge in [-0.2, -0.15) is 0 Å². The van der Waals surface area contributed by atoms with Crippen molar-refractivity contribution in [2.75, 3.05) is 5.32 Å². The van der Waals surface area contributed by atoms with Crippen molar-refractivity contribution in [2.45, 2.75) is 20.0 Å². The Morgan fingerprint density at radius 3 is 2.78 bits per heavy atom. The SMILES string of the molecule is Cc1ccc(Nc2nc3c(c(=O)[nH]2)CNC3)cc1. The average Bonchev–Trinajstić information content (AvgIpc) is 2.81. The molecule has 0 atom stereocenters. The molecule has 1 aromatic heterocycles. The van der Waals surface area contributed by atoms with Crippen LogP contribution in [0.4, 0.5) is 11.6 Å². The number of anilines is 2. The van der Waals surface area contributed by atoms with E-state index in [-0.39, 0.29) is 5.56 Å². The van der Waals surface area contributed by atoms with Gasteiger partial charge >= 0.3 is 0 Å². The monoisotopic (exact) mass is 242 g/mol. The van der Waals surface area contributed by atoms with E-state index in [0.29, 0.717) is 19.0 Å². The number of hydrogen-bond acceptors (Lipinski definition) is 4. The fourth-order valence-corrected chi connectivity index (χ4v) is 2.01. The first kappa shape index (κ1) is 11.0. The summed E-state index contributed by atoms with van der Waals surface area (Å²) in [5.74, 6) is 0.492. The highest BCUT2D eigenvalue weighted by Crippen LogP contribution is 2.15. The molecule has 0 saturated carbocycles. The van der Waals surface area contributed by atoms with Gasteiger partial charge in [0.15, 0.2) is 0 Å². The third-order valence-electron chi connectivity index (χ3n) is 3.01. The number of aryl methyl sites for hydroxylation is 1. The molecule has 2 heterocycles. The van der Waals surface area contributed by atoms with Crippen molar-refractivity contribution < 1.29 is 0 Å². The molecule has 1 aliphatic heterocycles. The molecule has 3 N–H and O–H groups in total. The van der Waals surface area contributed by atoms with Crippen LogP contribution in [0.5, 0.6) is 0 Å². The number of nitrogens with one attached hydrogen (secondary N) is 3. The van der Waals surface area contributed by atoms with Gasteiger partial charge in [-0.1, -0.05) is 17.7 Å². The number of nitrogens with zero attached hydrogens (tertiary/aromatic N) is 1. The van der Waals surface area contributed by atoms with Crippen LogP contribution in [0.15, 0.2) is 29.1 Å². The largest absolute Gasteiger partial charge is 0.326 e. The van der Waals surface area contributed by atoms with Gasteiger partial charge in [0.2, 0.25) is 5.95 Å². The van der Waals surface area contributed by atoms with Crippen LogP contribution in [0.1, 0.15) is 16.8 Å². The smallest absolute Gasteiger partial charge is 0.257 e. The van der Waals surface area contributed by atoms with E-state index in [1.807, 2.05) is 31.2 Å². The van der Waals surface area contributed by atoms with Gasteiger partial charge < -0.3 is 10.6 Å². The number of aromatic amines is 1. The van der Waals surface area contributed by atoms with E-state index >= 15 is 0 Å². The quantitative estimate of drug-likeness (QED) is 0.745. The molecule has 0 amide bonds. The van der Waals surface area contributed by atoms with E-state index in [1.165, 1.54) is 5.56 Å². The summed E-state index contributed by atoms with van der Waals surface area (Å²) in [5.41, 5.74) is 3.60. The molecule has 0 unspecified atom stereocenters. The Bertz CT molecular complexity index is 630. The summed E-state index contributed by atoms with van der Waals surface area (Å²) in [6, 6.07) is 7.94. The lowest BCUT2D eigenvalue weighted by atomic mass is 10.2. The molecule has 92 valence electrons. The minimum atomic E-state index is -0.0698. The van der Waals surface area contributed by atoms with E-state index in [0.717, 1.165) is 16.9 Å². The predicted molar refractivity (Wildman–Crippen MR) is 69.9 cm³/mol. The van der Waals surface area contributed by atoms with Crippen molar-refractivity contribution >= 4 is 11.6 Å². The molecule has 0 saturated heterocycles. The number of fused-ring (bicyclic) bond motifs is 1. The number of benzene rings is 1. The van der Waals surface area contributed by atoms with Crippen LogP contribution in [-0.2, 0) is 13.1 Å². The van der Waals surface area contributed by atoms with E-state index in [2.05, 4.69) is 20.6 Å². The molecule has 18 heavy (non-hydrogen) atoms. The maximum Gasteiger partial charge on any atom is 0.257 e. The molecule has 0 aliphatic carbocycles. The van der Waals surface area contributed by atoms with Crippen molar-refractivity contribution in [3.8, 4) is 0 Å². The van der Waals surface area contributed by atoms with Crippen molar-refractivity contribution in [2.24, 2.45) is 0 Å². The van der Waals surface area contributed by atoms with Gasteiger partial charge in [0, 0.05) is 18.8 Å². The van der Waals surface area contributed by atoms with Gasteiger partial charge in [0.05, 0.1) is 11.3 Å². The van der Waals surface area contributed by atoms with E-state index in [1.54, 1.807) is 0 Å². The van der Waals surface area contributed by atoms with Gasteiger partial charge in [-0.3, -0.25) is 9.78 Å². The third kappa shape index (κ3) is 2.00. The Hall–Kier alpha value is -2.14. The maximum atomic E-state index is 11.8. The molecular weight excluding hydrogens is 228 g/mol. The third-order valence-corrected chi connectivity index (χ3v) is 3.01. The summed E-state index contributed by atoms with van der Waals surface area (Å²) in [4.78, 5) is 19.0. The summed E-state index contributed by atoms with van der Waals surface area (Å²) in [7, 11) is 0. The molecule has 1 aliphatic rings. The molecule has 2 aromatic rings. The second-order valence-corrected chi connectivity index (χ2v) is 4.43. The van der Waals surface area contributed by atoms with Gasteiger partial charge in [-0.05, 0) is 19.1 Å². The minimum Gasteiger partial charge on any atom is -0.326 e. The number of H-pyrrole nitrogens is 1. The van der Waals surface area contributed by atoms with E-state index in [9.17, 15) is 4.79 Å². The molecule has 0 bridgehead atoms. The van der Waals surface area contributed by atoms with Gasteiger partial charge in [-0.25, -0.2) is 4.98 Å². The summed E-state index contributed by atoms with van der Waals surface area (Å²) in [5, 5.41) is 6.22. The van der Waals surface area contributed by atoms with Crippen molar-refractivity contribution in [1.82, 2.24) is 15.3 Å². The summed E-state index contributed by atoms with van der Waals surface area (Å²) in [6.07, 6.45) is 0. The van der Waals surface area contributed by atoms with Crippen LogP contribution in [0.3, 0.4) is 0 Å². The molecule has 0 spiro atoms. The Kier molecular flexibility index (Phi) is 2.60. The highest BCUT2D eigenvalue weighted by atomic mass is 16.1. The second-order valence-electron chi connectivity index (χ2n) is 4.43. The van der Waals surface area contributed by atoms with E-state index < -0.39 is 0 Å². The van der Waals surface area contributed by atoms with Crippen LogP contribution in [0.2, 0.25) is 0 Å². The molecule has 3 rings (SSSR count). The normalized spacial score (nSPS) is 13.4. The Morgan fingerprint density at radius 2 is 2.00 bits per heavy atom. The summed E-state index contributed by atoms with van der Waals surface area (Å²) in [6.45, 7) is 3.29. The number of hydrogen-bond donors (Lipinski definition) is 3. The fraction of sp³-hybridized carbons (Fsp3) is 0.231. The standard InChI is InChI=1S/C13H14N4O/c1-8-2-4-9(5-3-8)15-13-16-11-7-14-6-10(11)12(18)17-13/h2-5,14H,6-7H2,1H3,(H2,15,16,17,18). The Morgan fingerprint density at radius 1 is 1.22 bits per heavy atom. The predicted octanol–water partition coefficient (Wildman–Crippen LogP) is 1.43. The Balaban J connectivity index is 1.92. The first-order valence-corrected chi connectivity index (χ1v) is 5.89. The topological polar surface area (TPSA) is 69.8 Å². The van der Waals surface area contributed by atoms with Crippen LogP contribution in [-0.4, -0.2) is 9.97 Å². The molecule has 5 heteroatoms. The average molecular weight is 242 g/mol. The van der Waals surface area contributed by atoms with Crippen molar-refractivity contribution in [1.29, 1.82) is 0 Å². The number of rotatable bonds is 2. The maximum absolute atomic E-state index is 11.8. The van der Waals surface area contributed by atoms with Gasteiger partial charge in [0.25, 0.3) is 5.56 Å². The first-order valence-electron chi connectivity index (χ1n) is 5.89. The summed E-state index contributed by atoms with van der Waals surface area (Å²) < 4.78 is 0. The first-order chi connectivity index (χ1) is 8.72. The van der Waals surface area contributed by atoms with Crippen molar-refractivity contribution in [3.63, 3.8) is 0 Å². The Labute approximate surface area is 104 Å². The lowest BCUT2D eigenvalue weighted by Gasteiger charge is -2.06. The summed E-state index contributed by atoms with van der Waals surface area (Å²) >= 11 is 0. The second kappa shape index (κ2) is 4.27. The molecule has 1 aromatic carbocycles. The van der Waals surface area contributed by atoms with Crippen LogP contribution < -0.4 is 16.2 Å². The molecule has 5 nitrogen and oxygen atoms in total. The van der Waals surface area contributed by atoms with Crippen LogP contribution in [0.25, 0.3) is 0 Å². The highest BCUT2D eigenvalue weighted by Gasteiger charge is 2.16. The van der Waals surface area contributed by atoms with Gasteiger partial charge in [0.1, 0.15) is 0 Å². The van der Waals surface area contributed by atoms with Crippen LogP contribution >= 0.6 is 0 Å². The highest BCUT2D eigenvalue weighted by molar-refractivity contribution is 5.53. The lowest BCUT2D eigenvalue weighted by molar-refractivity contribution is 0.757. The molecule has 0 radical (unpaired) electrons. The van der Waals surface area contributed by atoms with Gasteiger partial charge in [-0.15, -0.1) is 0 Å². The number of aromatic nitrogens is 2. The molecule has 0 fully saturated rings. The van der Waals surface area contributed by atoms with Crippen LogP contribution in [0, 0.1) is 6.92 Å². The van der Waals surface area contributed by atoms with E-state index in [4.69, 9.17) is 0 Å². The fourth-order valence-electron chi connectivity index (χ4n) is 2.01. The zero-order valence-corrected chi connectivity index (χ0v) is 10.1. The van der Waals surface area contributed by atoms with Crippen molar-refractivity contribution in [3.05, 3.63) is 51.4 Å². The minimum absolute atomic E-state index is 0.0698. The zero-order valence-electron chi connectivity index (χ0n) is 10.1. The lowest BCUT2D eigenvalue weighted by Crippen LogP contribution is -2.16. The zero-order chi connectivity index (χ0) is 12.5. The molecular formula is C13H14N4O.